The summed E-state index contributed by atoms with van der Waals surface area (Å²) < 4.78 is 15.5. The second-order valence-corrected chi connectivity index (χ2v) is 7.30. The van der Waals surface area contributed by atoms with Crippen molar-refractivity contribution in [2.75, 3.05) is 0 Å². The lowest BCUT2D eigenvalue weighted by atomic mass is 10.0. The number of imidazole rings is 1. The van der Waals surface area contributed by atoms with Crippen molar-refractivity contribution in [2.24, 2.45) is 12.5 Å². The molecule has 0 radical (unpaired) electrons. The summed E-state index contributed by atoms with van der Waals surface area (Å²) in [4.78, 5) is 4.85. The Morgan fingerprint density at radius 2 is 1.75 bits per heavy atom. The number of rotatable bonds is 3. The van der Waals surface area contributed by atoms with Crippen LogP contribution in [0.25, 0.3) is 11.4 Å². The minimum atomic E-state index is -0.231. The maximum absolute atomic E-state index is 13.5. The molecule has 0 unspecified atom stereocenters. The molecule has 3 aromatic rings. The SMILES string of the molecule is Cn1cc([C@H]2[C@H](c3ccccc3)C2(C)C)nc1-c1cccc(F)c1. The van der Waals surface area contributed by atoms with Gasteiger partial charge in [-0.1, -0.05) is 56.3 Å². The van der Waals surface area contributed by atoms with Crippen LogP contribution in [0.5, 0.6) is 0 Å². The third-order valence-corrected chi connectivity index (χ3v) is 5.28. The average Bonchev–Trinajstić information content (AvgIpc) is 2.93. The molecule has 3 heteroatoms. The van der Waals surface area contributed by atoms with E-state index in [1.165, 1.54) is 11.6 Å². The van der Waals surface area contributed by atoms with Crippen molar-refractivity contribution < 1.29 is 4.39 Å². The topological polar surface area (TPSA) is 17.8 Å². The van der Waals surface area contributed by atoms with Gasteiger partial charge in [-0.15, -0.1) is 0 Å². The number of hydrogen-bond acceptors (Lipinski definition) is 1. The quantitative estimate of drug-likeness (QED) is 0.654. The van der Waals surface area contributed by atoms with Crippen LogP contribution in [-0.4, -0.2) is 9.55 Å². The maximum atomic E-state index is 13.5. The molecular weight excluding hydrogens is 299 g/mol. The Morgan fingerprint density at radius 3 is 2.46 bits per heavy atom. The van der Waals surface area contributed by atoms with E-state index in [9.17, 15) is 4.39 Å². The van der Waals surface area contributed by atoms with Crippen LogP contribution < -0.4 is 0 Å². The molecule has 1 aliphatic rings. The Kier molecular flexibility index (Phi) is 3.34. The molecule has 2 nitrogen and oxygen atoms in total. The van der Waals surface area contributed by atoms with E-state index in [4.69, 9.17) is 4.98 Å². The summed E-state index contributed by atoms with van der Waals surface area (Å²) >= 11 is 0. The summed E-state index contributed by atoms with van der Waals surface area (Å²) in [6.07, 6.45) is 2.09. The molecule has 1 aliphatic carbocycles. The van der Waals surface area contributed by atoms with Gasteiger partial charge in [-0.2, -0.15) is 0 Å². The van der Waals surface area contributed by atoms with Gasteiger partial charge in [0.15, 0.2) is 0 Å². The average molecular weight is 320 g/mol. The van der Waals surface area contributed by atoms with Crippen molar-refractivity contribution in [3.05, 3.63) is 77.9 Å². The van der Waals surface area contributed by atoms with Crippen molar-refractivity contribution >= 4 is 0 Å². The van der Waals surface area contributed by atoms with Crippen molar-refractivity contribution in [1.82, 2.24) is 9.55 Å². The van der Waals surface area contributed by atoms with Crippen LogP contribution >= 0.6 is 0 Å². The number of nitrogens with zero attached hydrogens (tertiary/aromatic N) is 2. The fraction of sp³-hybridized carbons (Fsp3) is 0.286. The monoisotopic (exact) mass is 320 g/mol. The van der Waals surface area contributed by atoms with Gasteiger partial charge in [-0.3, -0.25) is 0 Å². The molecule has 0 bridgehead atoms. The fourth-order valence-corrected chi connectivity index (χ4v) is 4.01. The third kappa shape index (κ3) is 2.35. The molecule has 2 atom stereocenters. The third-order valence-electron chi connectivity index (χ3n) is 5.28. The number of benzene rings is 2. The van der Waals surface area contributed by atoms with Crippen molar-refractivity contribution in [3.8, 4) is 11.4 Å². The second-order valence-electron chi connectivity index (χ2n) is 7.30. The zero-order valence-electron chi connectivity index (χ0n) is 14.2. The van der Waals surface area contributed by atoms with Gasteiger partial charge in [0.05, 0.1) is 5.69 Å². The lowest BCUT2D eigenvalue weighted by Crippen LogP contribution is -1.91. The van der Waals surface area contributed by atoms with Gasteiger partial charge in [0.1, 0.15) is 11.6 Å². The molecule has 2 aromatic carbocycles. The highest BCUT2D eigenvalue weighted by Crippen LogP contribution is 2.69. The number of hydrogen-bond donors (Lipinski definition) is 0. The van der Waals surface area contributed by atoms with Crippen molar-refractivity contribution in [1.29, 1.82) is 0 Å². The molecule has 1 fully saturated rings. The molecule has 24 heavy (non-hydrogen) atoms. The summed E-state index contributed by atoms with van der Waals surface area (Å²) in [5.74, 6) is 1.47. The first-order valence-electron chi connectivity index (χ1n) is 8.32. The van der Waals surface area contributed by atoms with Crippen LogP contribution in [0.3, 0.4) is 0 Å². The molecule has 0 amide bonds. The zero-order chi connectivity index (χ0) is 16.9. The molecule has 1 saturated carbocycles. The van der Waals surface area contributed by atoms with Crippen molar-refractivity contribution in [2.45, 2.75) is 25.7 Å². The van der Waals surface area contributed by atoms with Gasteiger partial charge in [-0.25, -0.2) is 9.37 Å². The summed E-state index contributed by atoms with van der Waals surface area (Å²) in [7, 11) is 1.98. The Labute approximate surface area is 142 Å². The van der Waals surface area contributed by atoms with Crippen LogP contribution in [-0.2, 0) is 7.05 Å². The van der Waals surface area contributed by atoms with Crippen LogP contribution in [0.2, 0.25) is 0 Å². The first-order valence-corrected chi connectivity index (χ1v) is 8.32. The van der Waals surface area contributed by atoms with Crippen LogP contribution in [0.4, 0.5) is 4.39 Å². The summed E-state index contributed by atoms with van der Waals surface area (Å²) in [6.45, 7) is 4.59. The van der Waals surface area contributed by atoms with E-state index in [-0.39, 0.29) is 11.2 Å². The maximum Gasteiger partial charge on any atom is 0.140 e. The Morgan fingerprint density at radius 1 is 1.00 bits per heavy atom. The lowest BCUT2D eigenvalue weighted by molar-refractivity contribution is 0.598. The van der Waals surface area contributed by atoms with Gasteiger partial charge in [-0.05, 0) is 29.0 Å². The van der Waals surface area contributed by atoms with E-state index >= 15 is 0 Å². The lowest BCUT2D eigenvalue weighted by Gasteiger charge is -2.01. The largest absolute Gasteiger partial charge is 0.334 e. The highest BCUT2D eigenvalue weighted by Gasteiger charge is 2.60. The molecule has 0 aliphatic heterocycles. The summed E-state index contributed by atoms with van der Waals surface area (Å²) in [5.41, 5.74) is 3.47. The molecule has 0 spiro atoms. The Balaban J connectivity index is 1.70. The Hall–Kier alpha value is -2.42. The normalized spacial score (nSPS) is 21.7. The molecule has 0 N–H and O–H groups in total. The summed E-state index contributed by atoms with van der Waals surface area (Å²) in [6, 6.07) is 17.3. The van der Waals surface area contributed by atoms with Gasteiger partial charge in [0.2, 0.25) is 0 Å². The number of aromatic nitrogens is 2. The standard InChI is InChI=1S/C21H21FN2/c1-21(2)18(14-8-5-4-6-9-14)19(21)17-13-24(3)20(23-17)15-10-7-11-16(22)12-15/h4-13,18-19H,1-3H3/t18-,19-/m0/s1. The van der Waals surface area contributed by atoms with Gasteiger partial charge >= 0.3 is 0 Å². The van der Waals surface area contributed by atoms with E-state index in [0.717, 1.165) is 17.1 Å². The molecule has 0 saturated heterocycles. The number of halogens is 1. The predicted molar refractivity (Wildman–Crippen MR) is 94.3 cm³/mol. The van der Waals surface area contributed by atoms with E-state index < -0.39 is 0 Å². The summed E-state index contributed by atoms with van der Waals surface area (Å²) in [5, 5.41) is 0. The molecule has 122 valence electrons. The molecular formula is C21H21FN2. The van der Waals surface area contributed by atoms with Crippen LogP contribution in [0.1, 0.15) is 36.9 Å². The van der Waals surface area contributed by atoms with Crippen molar-refractivity contribution in [3.63, 3.8) is 0 Å². The van der Waals surface area contributed by atoms with E-state index in [1.54, 1.807) is 12.1 Å². The highest BCUT2D eigenvalue weighted by atomic mass is 19.1. The zero-order valence-corrected chi connectivity index (χ0v) is 14.2. The minimum Gasteiger partial charge on any atom is -0.334 e. The van der Waals surface area contributed by atoms with Gasteiger partial charge in [0.25, 0.3) is 0 Å². The first-order chi connectivity index (χ1) is 11.5. The fourth-order valence-electron chi connectivity index (χ4n) is 4.01. The van der Waals surface area contributed by atoms with Crippen LogP contribution in [0, 0.1) is 11.2 Å². The van der Waals surface area contributed by atoms with Gasteiger partial charge in [0, 0.05) is 24.7 Å². The number of aryl methyl sites for hydroxylation is 1. The molecule has 4 rings (SSSR count). The minimum absolute atomic E-state index is 0.189. The molecule has 1 aromatic heterocycles. The predicted octanol–water partition coefficient (Wildman–Crippen LogP) is 5.13. The Bertz CT molecular complexity index is 880. The second kappa shape index (κ2) is 5.30. The molecule has 1 heterocycles. The van der Waals surface area contributed by atoms with E-state index in [1.807, 2.05) is 17.7 Å². The smallest absolute Gasteiger partial charge is 0.140 e. The highest BCUT2D eigenvalue weighted by molar-refractivity contribution is 5.57. The van der Waals surface area contributed by atoms with E-state index in [2.05, 4.69) is 50.4 Å². The van der Waals surface area contributed by atoms with E-state index in [0.29, 0.717) is 11.8 Å². The first kappa shape index (κ1) is 15.1. The van der Waals surface area contributed by atoms with Gasteiger partial charge < -0.3 is 4.57 Å². The van der Waals surface area contributed by atoms with Crippen LogP contribution in [0.15, 0.2) is 60.8 Å².